The predicted octanol–water partition coefficient (Wildman–Crippen LogP) is 4.15. The molecule has 3 heteroatoms. The lowest BCUT2D eigenvalue weighted by molar-refractivity contribution is 0.168. The highest BCUT2D eigenvalue weighted by molar-refractivity contribution is 7.12. The van der Waals surface area contributed by atoms with Gasteiger partial charge in [-0.2, -0.15) is 0 Å². The third-order valence-electron chi connectivity index (χ3n) is 5.18. The minimum absolute atomic E-state index is 0.507. The number of hydrogen-bond donors (Lipinski definition) is 1. The van der Waals surface area contributed by atoms with Crippen LogP contribution in [0, 0.1) is 0 Å². The SMILES string of the molecule is CC(NCC(C)N1CCCCC1)c1cc2c(s1)CCCC2. The fraction of sp³-hybridized carbons (Fsp3) is 0.778. The van der Waals surface area contributed by atoms with Crippen LogP contribution in [0.4, 0.5) is 0 Å². The van der Waals surface area contributed by atoms with Gasteiger partial charge in [-0.15, -0.1) is 11.3 Å². The van der Waals surface area contributed by atoms with Crippen LogP contribution < -0.4 is 5.32 Å². The lowest BCUT2D eigenvalue weighted by Crippen LogP contribution is -2.43. The largest absolute Gasteiger partial charge is 0.308 e. The molecule has 1 aliphatic carbocycles. The van der Waals surface area contributed by atoms with Crippen LogP contribution in [-0.4, -0.2) is 30.6 Å². The topological polar surface area (TPSA) is 15.3 Å². The zero-order chi connectivity index (χ0) is 14.7. The first-order chi connectivity index (χ1) is 10.2. The molecule has 2 aliphatic rings. The number of rotatable bonds is 5. The maximum atomic E-state index is 3.77. The van der Waals surface area contributed by atoms with E-state index in [4.69, 9.17) is 0 Å². The number of fused-ring (bicyclic) bond motifs is 1. The fourth-order valence-electron chi connectivity index (χ4n) is 3.66. The van der Waals surface area contributed by atoms with Gasteiger partial charge in [0, 0.05) is 28.4 Å². The minimum Gasteiger partial charge on any atom is -0.308 e. The molecule has 2 heterocycles. The van der Waals surface area contributed by atoms with Gasteiger partial charge in [0.25, 0.3) is 0 Å². The first-order valence-electron chi connectivity index (χ1n) is 8.83. The van der Waals surface area contributed by atoms with Crippen LogP contribution in [0.15, 0.2) is 6.07 Å². The number of nitrogens with one attached hydrogen (secondary N) is 1. The summed E-state index contributed by atoms with van der Waals surface area (Å²) in [5, 5.41) is 3.77. The molecule has 1 aromatic rings. The standard InChI is InChI=1S/C18H30N2S/c1-14(20-10-6-3-7-11-20)13-19-15(2)18-12-16-8-4-5-9-17(16)21-18/h12,14-15,19H,3-11,13H2,1-2H3. The van der Waals surface area contributed by atoms with Gasteiger partial charge in [0.1, 0.15) is 0 Å². The Labute approximate surface area is 133 Å². The average Bonchev–Trinajstić information content (AvgIpc) is 2.97. The van der Waals surface area contributed by atoms with Gasteiger partial charge in [0.15, 0.2) is 0 Å². The van der Waals surface area contributed by atoms with Crippen molar-refractivity contribution in [2.45, 2.75) is 70.9 Å². The molecule has 3 rings (SSSR count). The number of piperidine rings is 1. The number of hydrogen-bond acceptors (Lipinski definition) is 3. The van der Waals surface area contributed by atoms with Gasteiger partial charge in [0.2, 0.25) is 0 Å². The summed E-state index contributed by atoms with van der Waals surface area (Å²) < 4.78 is 0. The van der Waals surface area contributed by atoms with E-state index in [0.717, 1.165) is 6.54 Å². The van der Waals surface area contributed by atoms with Gasteiger partial charge in [-0.3, -0.25) is 4.90 Å². The molecule has 1 aliphatic heterocycles. The molecule has 0 spiro atoms. The summed E-state index contributed by atoms with van der Waals surface area (Å²) in [6.07, 6.45) is 9.60. The number of likely N-dealkylation sites (tertiary alicyclic amines) is 1. The molecule has 0 aromatic carbocycles. The number of aryl methyl sites for hydroxylation is 2. The van der Waals surface area contributed by atoms with Gasteiger partial charge in [-0.1, -0.05) is 6.42 Å². The maximum Gasteiger partial charge on any atom is 0.0386 e. The molecule has 21 heavy (non-hydrogen) atoms. The smallest absolute Gasteiger partial charge is 0.0386 e. The van der Waals surface area contributed by atoms with Crippen molar-refractivity contribution >= 4 is 11.3 Å². The Morgan fingerprint density at radius 3 is 2.62 bits per heavy atom. The molecule has 0 bridgehead atoms. The van der Waals surface area contributed by atoms with E-state index in [1.807, 2.05) is 0 Å². The Bertz CT molecular complexity index is 425. The lowest BCUT2D eigenvalue weighted by atomic mass is 9.99. The molecule has 0 amide bonds. The minimum atomic E-state index is 0.507. The summed E-state index contributed by atoms with van der Waals surface area (Å²) >= 11 is 2.05. The van der Waals surface area contributed by atoms with Gasteiger partial charge in [-0.25, -0.2) is 0 Å². The van der Waals surface area contributed by atoms with E-state index in [1.54, 1.807) is 15.3 Å². The molecule has 0 radical (unpaired) electrons. The zero-order valence-electron chi connectivity index (χ0n) is 13.7. The Kier molecular flexibility index (Phi) is 5.36. The van der Waals surface area contributed by atoms with Gasteiger partial charge in [0.05, 0.1) is 0 Å². The highest BCUT2D eigenvalue weighted by atomic mass is 32.1. The molecule has 1 aromatic heterocycles. The van der Waals surface area contributed by atoms with Gasteiger partial charge >= 0.3 is 0 Å². The van der Waals surface area contributed by atoms with E-state index < -0.39 is 0 Å². The third kappa shape index (κ3) is 3.88. The maximum absolute atomic E-state index is 3.77. The molecule has 1 fully saturated rings. The molecule has 2 nitrogen and oxygen atoms in total. The van der Waals surface area contributed by atoms with Crippen molar-refractivity contribution in [1.82, 2.24) is 10.2 Å². The summed E-state index contributed by atoms with van der Waals surface area (Å²) in [7, 11) is 0. The van der Waals surface area contributed by atoms with E-state index in [0.29, 0.717) is 12.1 Å². The van der Waals surface area contributed by atoms with Crippen molar-refractivity contribution in [2.75, 3.05) is 19.6 Å². The van der Waals surface area contributed by atoms with Crippen molar-refractivity contribution < 1.29 is 0 Å². The second kappa shape index (κ2) is 7.26. The Morgan fingerprint density at radius 2 is 1.86 bits per heavy atom. The average molecular weight is 307 g/mol. The number of nitrogens with zero attached hydrogens (tertiary/aromatic N) is 1. The number of thiophene rings is 1. The van der Waals surface area contributed by atoms with E-state index in [9.17, 15) is 0 Å². The monoisotopic (exact) mass is 306 g/mol. The van der Waals surface area contributed by atoms with Gasteiger partial charge < -0.3 is 5.32 Å². The van der Waals surface area contributed by atoms with Crippen LogP contribution in [0.25, 0.3) is 0 Å². The summed E-state index contributed by atoms with van der Waals surface area (Å²) in [4.78, 5) is 5.87. The molecular weight excluding hydrogens is 276 g/mol. The Hall–Kier alpha value is -0.380. The van der Waals surface area contributed by atoms with Crippen molar-refractivity contribution in [1.29, 1.82) is 0 Å². The van der Waals surface area contributed by atoms with Crippen molar-refractivity contribution in [2.24, 2.45) is 0 Å². The summed E-state index contributed by atoms with van der Waals surface area (Å²) in [6, 6.07) is 3.65. The Balaban J connectivity index is 1.51. The summed E-state index contributed by atoms with van der Waals surface area (Å²) in [5.41, 5.74) is 1.64. The fourth-order valence-corrected chi connectivity index (χ4v) is 4.95. The molecule has 2 atom stereocenters. The second-order valence-electron chi connectivity index (χ2n) is 6.88. The quantitative estimate of drug-likeness (QED) is 0.879. The molecule has 118 valence electrons. The third-order valence-corrected chi connectivity index (χ3v) is 6.60. The van der Waals surface area contributed by atoms with E-state index in [2.05, 4.69) is 41.5 Å². The zero-order valence-corrected chi connectivity index (χ0v) is 14.5. The normalized spacial score (nSPS) is 22.8. The highest BCUT2D eigenvalue weighted by Gasteiger charge is 2.19. The molecular formula is C18H30N2S. The lowest BCUT2D eigenvalue weighted by Gasteiger charge is -2.33. The van der Waals surface area contributed by atoms with Crippen molar-refractivity contribution in [3.05, 3.63) is 21.4 Å². The molecule has 2 unspecified atom stereocenters. The highest BCUT2D eigenvalue weighted by Crippen LogP contribution is 2.32. The second-order valence-corrected chi connectivity index (χ2v) is 8.05. The van der Waals surface area contributed by atoms with E-state index in [1.165, 1.54) is 58.0 Å². The Morgan fingerprint density at radius 1 is 1.10 bits per heavy atom. The van der Waals surface area contributed by atoms with E-state index >= 15 is 0 Å². The van der Waals surface area contributed by atoms with Gasteiger partial charge in [-0.05, 0) is 77.1 Å². The molecule has 0 saturated carbocycles. The van der Waals surface area contributed by atoms with Crippen LogP contribution >= 0.6 is 11.3 Å². The van der Waals surface area contributed by atoms with Crippen molar-refractivity contribution in [3.8, 4) is 0 Å². The predicted molar refractivity (Wildman–Crippen MR) is 92.3 cm³/mol. The summed E-state index contributed by atoms with van der Waals surface area (Å²) in [6.45, 7) is 8.42. The van der Waals surface area contributed by atoms with E-state index in [-0.39, 0.29) is 0 Å². The molecule has 1 saturated heterocycles. The first kappa shape index (κ1) is 15.5. The first-order valence-corrected chi connectivity index (χ1v) is 9.64. The summed E-state index contributed by atoms with van der Waals surface area (Å²) in [5.74, 6) is 0. The van der Waals surface area contributed by atoms with Crippen molar-refractivity contribution in [3.63, 3.8) is 0 Å². The van der Waals surface area contributed by atoms with Crippen LogP contribution in [0.3, 0.4) is 0 Å². The van der Waals surface area contributed by atoms with Crippen LogP contribution in [0.5, 0.6) is 0 Å². The molecule has 1 N–H and O–H groups in total. The van der Waals surface area contributed by atoms with Crippen LogP contribution in [0.1, 0.15) is 67.3 Å². The van der Waals surface area contributed by atoms with Crippen LogP contribution in [0.2, 0.25) is 0 Å². The van der Waals surface area contributed by atoms with Crippen LogP contribution in [-0.2, 0) is 12.8 Å².